The summed E-state index contributed by atoms with van der Waals surface area (Å²) in [4.78, 5) is 0. The molecule has 0 saturated carbocycles. The molecule has 0 saturated heterocycles. The van der Waals surface area contributed by atoms with E-state index in [-0.39, 0.29) is 0 Å². The molecular weight excluding hydrogens is 162 g/mol. The highest BCUT2D eigenvalue weighted by molar-refractivity contribution is 5.83. The van der Waals surface area contributed by atoms with Gasteiger partial charge in [-0.05, 0) is 24.6 Å². The van der Waals surface area contributed by atoms with Crippen molar-refractivity contribution in [1.82, 2.24) is 0 Å². The topological polar surface area (TPSA) is 36.1 Å². The third kappa shape index (κ3) is 1.86. The number of hydrogen-bond acceptors (Lipinski definition) is 3. The van der Waals surface area contributed by atoms with Crippen LogP contribution in [0.5, 0.6) is 0 Å². The standard InChI is InChI=1S/C10H17N3/c1-7-5-8(11-2)10(13-4)9(6-7)12-3/h5-6,11-13H,1-4H3. The predicted octanol–water partition coefficient (Wildman–Crippen LogP) is 2.12. The van der Waals surface area contributed by atoms with Gasteiger partial charge in [0.05, 0.1) is 17.1 Å². The Kier molecular flexibility index (Phi) is 3.01. The van der Waals surface area contributed by atoms with Crippen LogP contribution in [-0.4, -0.2) is 21.1 Å². The first-order valence-corrected chi connectivity index (χ1v) is 4.40. The van der Waals surface area contributed by atoms with E-state index in [4.69, 9.17) is 0 Å². The third-order valence-corrected chi connectivity index (χ3v) is 2.07. The van der Waals surface area contributed by atoms with Gasteiger partial charge in [-0.1, -0.05) is 0 Å². The molecule has 0 amide bonds. The Morgan fingerprint density at radius 2 is 1.31 bits per heavy atom. The fourth-order valence-electron chi connectivity index (χ4n) is 1.45. The minimum Gasteiger partial charge on any atom is -0.386 e. The second-order valence-electron chi connectivity index (χ2n) is 2.99. The summed E-state index contributed by atoms with van der Waals surface area (Å²) in [6, 6.07) is 4.24. The van der Waals surface area contributed by atoms with Gasteiger partial charge in [0.25, 0.3) is 0 Å². The Morgan fingerprint density at radius 3 is 1.62 bits per heavy atom. The molecule has 0 aromatic heterocycles. The van der Waals surface area contributed by atoms with Gasteiger partial charge in [0, 0.05) is 21.1 Å². The zero-order valence-corrected chi connectivity index (χ0v) is 8.65. The van der Waals surface area contributed by atoms with Gasteiger partial charge >= 0.3 is 0 Å². The minimum atomic E-state index is 1.11. The molecular formula is C10H17N3. The molecule has 0 aliphatic carbocycles. The molecule has 3 nitrogen and oxygen atoms in total. The Morgan fingerprint density at radius 1 is 0.846 bits per heavy atom. The summed E-state index contributed by atoms with van der Waals surface area (Å²) in [5.74, 6) is 0. The molecule has 13 heavy (non-hydrogen) atoms. The number of aryl methyl sites for hydroxylation is 1. The molecule has 1 rings (SSSR count). The Labute approximate surface area is 79.5 Å². The zero-order chi connectivity index (χ0) is 9.84. The van der Waals surface area contributed by atoms with Crippen LogP contribution in [0.1, 0.15) is 5.56 Å². The Bertz CT molecular complexity index is 269. The van der Waals surface area contributed by atoms with Gasteiger partial charge in [0.2, 0.25) is 0 Å². The van der Waals surface area contributed by atoms with Crippen molar-refractivity contribution >= 4 is 17.1 Å². The molecule has 0 atom stereocenters. The molecule has 72 valence electrons. The second kappa shape index (κ2) is 4.03. The van der Waals surface area contributed by atoms with Gasteiger partial charge < -0.3 is 16.0 Å². The van der Waals surface area contributed by atoms with Crippen LogP contribution in [0.4, 0.5) is 17.1 Å². The number of nitrogens with one attached hydrogen (secondary N) is 3. The summed E-state index contributed by atoms with van der Waals surface area (Å²) < 4.78 is 0. The average molecular weight is 179 g/mol. The van der Waals surface area contributed by atoms with Crippen LogP contribution in [0.25, 0.3) is 0 Å². The van der Waals surface area contributed by atoms with Crippen molar-refractivity contribution < 1.29 is 0 Å². The lowest BCUT2D eigenvalue weighted by Gasteiger charge is -2.14. The molecule has 3 N–H and O–H groups in total. The molecule has 0 aliphatic heterocycles. The predicted molar refractivity (Wildman–Crippen MR) is 59.8 cm³/mol. The molecule has 0 radical (unpaired) electrons. The first-order valence-electron chi connectivity index (χ1n) is 4.40. The molecule has 0 aliphatic rings. The number of rotatable bonds is 3. The van der Waals surface area contributed by atoms with E-state index in [9.17, 15) is 0 Å². The summed E-state index contributed by atoms with van der Waals surface area (Å²) in [6.45, 7) is 2.08. The fraction of sp³-hybridized carbons (Fsp3) is 0.400. The molecule has 0 bridgehead atoms. The first kappa shape index (κ1) is 9.71. The maximum atomic E-state index is 3.17. The normalized spacial score (nSPS) is 9.54. The summed E-state index contributed by atoms with van der Waals surface area (Å²) >= 11 is 0. The van der Waals surface area contributed by atoms with E-state index in [1.165, 1.54) is 5.56 Å². The Hall–Kier alpha value is -1.38. The van der Waals surface area contributed by atoms with E-state index in [1.807, 2.05) is 21.1 Å². The monoisotopic (exact) mass is 179 g/mol. The highest BCUT2D eigenvalue weighted by Gasteiger charge is 2.05. The van der Waals surface area contributed by atoms with E-state index in [0.717, 1.165) is 17.1 Å². The lowest BCUT2D eigenvalue weighted by Crippen LogP contribution is -2.02. The first-order chi connectivity index (χ1) is 6.22. The van der Waals surface area contributed by atoms with Crippen molar-refractivity contribution in [3.63, 3.8) is 0 Å². The van der Waals surface area contributed by atoms with E-state index in [1.54, 1.807) is 0 Å². The van der Waals surface area contributed by atoms with Crippen molar-refractivity contribution in [2.24, 2.45) is 0 Å². The number of anilines is 3. The Balaban J connectivity index is 3.25. The van der Waals surface area contributed by atoms with Crippen molar-refractivity contribution in [3.8, 4) is 0 Å². The SMILES string of the molecule is CNc1cc(C)cc(NC)c1NC. The van der Waals surface area contributed by atoms with E-state index in [0.29, 0.717) is 0 Å². The van der Waals surface area contributed by atoms with Crippen LogP contribution in [0.2, 0.25) is 0 Å². The summed E-state index contributed by atoms with van der Waals surface area (Å²) in [7, 11) is 5.77. The maximum Gasteiger partial charge on any atom is 0.0808 e. The molecule has 1 aromatic carbocycles. The quantitative estimate of drug-likeness (QED) is 0.665. The van der Waals surface area contributed by atoms with Gasteiger partial charge in [-0.2, -0.15) is 0 Å². The molecule has 0 unspecified atom stereocenters. The summed E-state index contributed by atoms with van der Waals surface area (Å²) in [6.07, 6.45) is 0. The second-order valence-corrected chi connectivity index (χ2v) is 2.99. The van der Waals surface area contributed by atoms with Crippen LogP contribution in [-0.2, 0) is 0 Å². The van der Waals surface area contributed by atoms with Crippen LogP contribution in [0.15, 0.2) is 12.1 Å². The molecule has 3 heteroatoms. The van der Waals surface area contributed by atoms with E-state index < -0.39 is 0 Å². The van der Waals surface area contributed by atoms with Crippen molar-refractivity contribution in [2.45, 2.75) is 6.92 Å². The molecule has 0 spiro atoms. The van der Waals surface area contributed by atoms with Crippen LogP contribution >= 0.6 is 0 Å². The summed E-state index contributed by atoms with van der Waals surface area (Å²) in [5.41, 5.74) is 4.59. The highest BCUT2D eigenvalue weighted by atomic mass is 15.0. The summed E-state index contributed by atoms with van der Waals surface area (Å²) in [5, 5.41) is 9.49. The molecule has 0 heterocycles. The van der Waals surface area contributed by atoms with Crippen LogP contribution in [0, 0.1) is 6.92 Å². The van der Waals surface area contributed by atoms with Crippen molar-refractivity contribution in [3.05, 3.63) is 17.7 Å². The van der Waals surface area contributed by atoms with Gasteiger partial charge in [-0.25, -0.2) is 0 Å². The number of benzene rings is 1. The van der Waals surface area contributed by atoms with Crippen LogP contribution in [0.3, 0.4) is 0 Å². The largest absolute Gasteiger partial charge is 0.386 e. The fourth-order valence-corrected chi connectivity index (χ4v) is 1.45. The third-order valence-electron chi connectivity index (χ3n) is 2.07. The minimum absolute atomic E-state index is 1.11. The van der Waals surface area contributed by atoms with Crippen molar-refractivity contribution in [1.29, 1.82) is 0 Å². The molecule has 1 aromatic rings. The zero-order valence-electron chi connectivity index (χ0n) is 8.65. The molecule has 0 fully saturated rings. The number of hydrogen-bond donors (Lipinski definition) is 3. The lowest BCUT2D eigenvalue weighted by molar-refractivity contribution is 1.37. The van der Waals surface area contributed by atoms with Crippen LogP contribution < -0.4 is 16.0 Å². The smallest absolute Gasteiger partial charge is 0.0808 e. The highest BCUT2D eigenvalue weighted by Crippen LogP contribution is 2.31. The maximum absolute atomic E-state index is 3.17. The lowest BCUT2D eigenvalue weighted by atomic mass is 10.1. The van der Waals surface area contributed by atoms with Gasteiger partial charge in [0.15, 0.2) is 0 Å². The van der Waals surface area contributed by atoms with Gasteiger partial charge in [-0.15, -0.1) is 0 Å². The van der Waals surface area contributed by atoms with E-state index in [2.05, 4.69) is 35.0 Å². The average Bonchev–Trinajstić information content (AvgIpc) is 2.16. The van der Waals surface area contributed by atoms with Crippen molar-refractivity contribution in [2.75, 3.05) is 37.1 Å². The van der Waals surface area contributed by atoms with Gasteiger partial charge in [0.1, 0.15) is 0 Å². The van der Waals surface area contributed by atoms with E-state index >= 15 is 0 Å². The van der Waals surface area contributed by atoms with Gasteiger partial charge in [-0.3, -0.25) is 0 Å².